The Kier molecular flexibility index (Phi) is 2.10. The lowest BCUT2D eigenvalue weighted by molar-refractivity contribution is 0.820. The van der Waals surface area contributed by atoms with Gasteiger partial charge in [0, 0.05) is 12.4 Å². The molecule has 0 saturated carbocycles. The van der Waals surface area contributed by atoms with Crippen LogP contribution in [0.2, 0.25) is 0 Å². The van der Waals surface area contributed by atoms with E-state index in [2.05, 4.69) is 31.0 Å². The molecule has 0 saturated heterocycles. The van der Waals surface area contributed by atoms with Crippen molar-refractivity contribution in [2.75, 3.05) is 0 Å². The molecular weight excluding hydrogens is 232 g/mol. The molecular formula is C8H7BrN4. The zero-order chi connectivity index (χ0) is 9.26. The van der Waals surface area contributed by atoms with E-state index >= 15 is 0 Å². The van der Waals surface area contributed by atoms with E-state index in [1.807, 2.05) is 19.2 Å². The van der Waals surface area contributed by atoms with Crippen molar-refractivity contribution in [3.05, 3.63) is 35.0 Å². The van der Waals surface area contributed by atoms with E-state index in [0.29, 0.717) is 0 Å². The Hall–Kier alpha value is -1.23. The fraction of sp³-hybridized carbons (Fsp3) is 0.125. The quantitative estimate of drug-likeness (QED) is 0.761. The Morgan fingerprint density at radius 1 is 1.46 bits per heavy atom. The zero-order valence-corrected chi connectivity index (χ0v) is 8.56. The molecule has 0 unspecified atom stereocenters. The predicted molar refractivity (Wildman–Crippen MR) is 51.6 cm³/mol. The first-order valence-electron chi connectivity index (χ1n) is 3.75. The number of hydrogen-bond acceptors (Lipinski definition) is 3. The Bertz CT molecular complexity index is 424. The molecule has 2 heterocycles. The van der Waals surface area contributed by atoms with Gasteiger partial charge in [-0.05, 0) is 28.9 Å². The summed E-state index contributed by atoms with van der Waals surface area (Å²) in [7, 11) is 0. The maximum atomic E-state index is 4.24. The summed E-state index contributed by atoms with van der Waals surface area (Å²) in [4.78, 5) is 7.98. The van der Waals surface area contributed by atoms with E-state index in [4.69, 9.17) is 0 Å². The molecule has 0 aliphatic heterocycles. The summed E-state index contributed by atoms with van der Waals surface area (Å²) in [5, 5.41) is 4.24. The van der Waals surface area contributed by atoms with E-state index in [1.54, 1.807) is 10.9 Å². The minimum absolute atomic E-state index is 0.753. The highest BCUT2D eigenvalue weighted by Crippen LogP contribution is 2.15. The molecule has 66 valence electrons. The van der Waals surface area contributed by atoms with E-state index in [-0.39, 0.29) is 0 Å². The molecule has 0 amide bonds. The van der Waals surface area contributed by atoms with Crippen molar-refractivity contribution < 1.29 is 0 Å². The second-order valence-electron chi connectivity index (χ2n) is 2.60. The van der Waals surface area contributed by atoms with Gasteiger partial charge < -0.3 is 0 Å². The minimum atomic E-state index is 0.753. The van der Waals surface area contributed by atoms with E-state index in [0.717, 1.165) is 16.0 Å². The van der Waals surface area contributed by atoms with Gasteiger partial charge in [0.15, 0.2) is 5.82 Å². The van der Waals surface area contributed by atoms with Gasteiger partial charge in [-0.25, -0.2) is 14.6 Å². The fourth-order valence-electron chi connectivity index (χ4n) is 1.01. The van der Waals surface area contributed by atoms with Crippen molar-refractivity contribution in [1.82, 2.24) is 19.7 Å². The number of aromatic nitrogens is 4. The van der Waals surface area contributed by atoms with E-state index in [9.17, 15) is 0 Å². The van der Waals surface area contributed by atoms with Gasteiger partial charge in [0.05, 0.1) is 10.2 Å². The molecule has 13 heavy (non-hydrogen) atoms. The summed E-state index contributed by atoms with van der Waals surface area (Å²) < 4.78 is 2.54. The summed E-state index contributed by atoms with van der Waals surface area (Å²) in [5.74, 6) is 0.753. The molecule has 2 aromatic heterocycles. The summed E-state index contributed by atoms with van der Waals surface area (Å²) in [6.07, 6.45) is 5.05. The monoisotopic (exact) mass is 238 g/mol. The zero-order valence-electron chi connectivity index (χ0n) is 6.98. The minimum Gasteiger partial charge on any atom is -0.243 e. The van der Waals surface area contributed by atoms with Gasteiger partial charge in [-0.3, -0.25) is 0 Å². The second-order valence-corrected chi connectivity index (χ2v) is 3.45. The average molecular weight is 239 g/mol. The van der Waals surface area contributed by atoms with Crippen LogP contribution in [0.15, 0.2) is 29.3 Å². The van der Waals surface area contributed by atoms with Crippen LogP contribution in [-0.2, 0) is 0 Å². The maximum absolute atomic E-state index is 4.24. The van der Waals surface area contributed by atoms with Crippen LogP contribution >= 0.6 is 15.9 Å². The first kappa shape index (κ1) is 8.37. The second kappa shape index (κ2) is 3.26. The summed E-state index contributed by atoms with van der Waals surface area (Å²) >= 11 is 3.36. The van der Waals surface area contributed by atoms with Crippen LogP contribution in [0.1, 0.15) is 5.69 Å². The average Bonchev–Trinajstić information content (AvgIpc) is 2.53. The van der Waals surface area contributed by atoms with Crippen molar-refractivity contribution in [2.24, 2.45) is 0 Å². The van der Waals surface area contributed by atoms with Crippen molar-refractivity contribution in [3.63, 3.8) is 0 Å². The van der Waals surface area contributed by atoms with Crippen molar-refractivity contribution >= 4 is 15.9 Å². The molecule has 0 aromatic carbocycles. The first-order valence-corrected chi connectivity index (χ1v) is 4.55. The van der Waals surface area contributed by atoms with Gasteiger partial charge in [-0.1, -0.05) is 0 Å². The van der Waals surface area contributed by atoms with Crippen LogP contribution in [0.5, 0.6) is 0 Å². The largest absolute Gasteiger partial charge is 0.243 e. The third-order valence-electron chi connectivity index (χ3n) is 1.59. The predicted octanol–water partition coefficient (Wildman–Crippen LogP) is 1.73. The number of hydrogen-bond donors (Lipinski definition) is 0. The summed E-state index contributed by atoms with van der Waals surface area (Å²) in [6, 6.07) is 1.93. The number of halogens is 1. The molecule has 2 aromatic rings. The number of nitrogens with zero attached hydrogens (tertiary/aromatic N) is 4. The van der Waals surface area contributed by atoms with Crippen molar-refractivity contribution in [2.45, 2.75) is 6.92 Å². The lowest BCUT2D eigenvalue weighted by Gasteiger charge is -2.00. The highest BCUT2D eigenvalue weighted by atomic mass is 79.9. The molecule has 4 nitrogen and oxygen atoms in total. The Balaban J connectivity index is 2.52. The highest BCUT2D eigenvalue weighted by Gasteiger charge is 2.03. The van der Waals surface area contributed by atoms with Crippen LogP contribution in [0.25, 0.3) is 5.82 Å². The Labute approximate surface area is 83.8 Å². The standard InChI is InChI=1S/C8H7BrN4/c1-6-2-3-13(12-6)8-7(9)4-10-5-11-8/h2-5H,1H3. The maximum Gasteiger partial charge on any atom is 0.170 e. The van der Waals surface area contributed by atoms with Gasteiger partial charge >= 0.3 is 0 Å². The van der Waals surface area contributed by atoms with Crippen molar-refractivity contribution in [3.8, 4) is 5.82 Å². The van der Waals surface area contributed by atoms with Gasteiger partial charge in [-0.2, -0.15) is 5.10 Å². The molecule has 2 rings (SSSR count). The van der Waals surface area contributed by atoms with E-state index < -0.39 is 0 Å². The Morgan fingerprint density at radius 2 is 2.31 bits per heavy atom. The van der Waals surface area contributed by atoms with Gasteiger partial charge in [0.1, 0.15) is 6.33 Å². The van der Waals surface area contributed by atoms with Crippen LogP contribution in [0, 0.1) is 6.92 Å². The lowest BCUT2D eigenvalue weighted by atomic mass is 10.5. The van der Waals surface area contributed by atoms with Crippen LogP contribution in [0.4, 0.5) is 0 Å². The lowest BCUT2D eigenvalue weighted by Crippen LogP contribution is -1.99. The molecule has 5 heteroatoms. The SMILES string of the molecule is Cc1ccn(-c2ncncc2Br)n1. The van der Waals surface area contributed by atoms with Gasteiger partial charge in [-0.15, -0.1) is 0 Å². The third-order valence-corrected chi connectivity index (χ3v) is 2.15. The molecule has 0 radical (unpaired) electrons. The van der Waals surface area contributed by atoms with Crippen molar-refractivity contribution in [1.29, 1.82) is 0 Å². The molecule has 0 bridgehead atoms. The molecule has 0 atom stereocenters. The van der Waals surface area contributed by atoms with E-state index in [1.165, 1.54) is 6.33 Å². The Morgan fingerprint density at radius 3 is 2.92 bits per heavy atom. The topological polar surface area (TPSA) is 43.6 Å². The molecule has 0 spiro atoms. The van der Waals surface area contributed by atoms with Gasteiger partial charge in [0.2, 0.25) is 0 Å². The van der Waals surface area contributed by atoms with Crippen LogP contribution in [0.3, 0.4) is 0 Å². The van der Waals surface area contributed by atoms with Gasteiger partial charge in [0.25, 0.3) is 0 Å². The summed E-state index contributed by atoms with van der Waals surface area (Å²) in [5.41, 5.74) is 0.963. The summed E-state index contributed by atoms with van der Waals surface area (Å²) in [6.45, 7) is 1.94. The molecule has 0 aliphatic carbocycles. The molecule has 0 N–H and O–H groups in total. The smallest absolute Gasteiger partial charge is 0.170 e. The van der Waals surface area contributed by atoms with Crippen LogP contribution < -0.4 is 0 Å². The first-order chi connectivity index (χ1) is 6.27. The number of aryl methyl sites for hydroxylation is 1. The molecule has 0 aliphatic rings. The molecule has 0 fully saturated rings. The highest BCUT2D eigenvalue weighted by molar-refractivity contribution is 9.10. The normalized spacial score (nSPS) is 10.3. The third kappa shape index (κ3) is 1.60. The fourth-order valence-corrected chi connectivity index (χ4v) is 1.41. The number of rotatable bonds is 1. The van der Waals surface area contributed by atoms with Crippen LogP contribution in [-0.4, -0.2) is 19.7 Å².